The van der Waals surface area contributed by atoms with Gasteiger partial charge in [0.2, 0.25) is 11.8 Å². The summed E-state index contributed by atoms with van der Waals surface area (Å²) in [5.74, 6) is 0.690. The molecule has 1 aromatic heterocycles. The van der Waals surface area contributed by atoms with Gasteiger partial charge in [-0.15, -0.1) is 0 Å². The first-order valence-electron chi connectivity index (χ1n) is 6.84. The van der Waals surface area contributed by atoms with Gasteiger partial charge in [-0.1, -0.05) is 33.8 Å². The standard InChI is InChI=1S/C11H16N2O2.2C2H6/c1-9(14)13(2)7-6-10-4-5-11(15-3)12-8-10;2*1-2/h4-5,8H,6-7H2,1-3H3;2*1-2H3. The lowest BCUT2D eigenvalue weighted by molar-refractivity contribution is -0.127. The number of methoxy groups -OCH3 is 1. The Morgan fingerprint density at radius 2 is 1.84 bits per heavy atom. The minimum atomic E-state index is 0.0801. The predicted octanol–water partition coefficient (Wildman–Crippen LogP) is 3.16. The van der Waals surface area contributed by atoms with E-state index in [9.17, 15) is 4.79 Å². The third kappa shape index (κ3) is 9.05. The molecule has 0 saturated carbocycles. The summed E-state index contributed by atoms with van der Waals surface area (Å²) in [5.41, 5.74) is 1.10. The van der Waals surface area contributed by atoms with Gasteiger partial charge in [-0.2, -0.15) is 0 Å². The van der Waals surface area contributed by atoms with Crippen LogP contribution in [0.15, 0.2) is 18.3 Å². The molecule has 1 rings (SSSR count). The zero-order valence-electron chi connectivity index (χ0n) is 13.4. The molecule has 0 radical (unpaired) electrons. The lowest BCUT2D eigenvalue weighted by atomic mass is 10.2. The van der Waals surface area contributed by atoms with Crippen LogP contribution in [0.3, 0.4) is 0 Å². The van der Waals surface area contributed by atoms with Crippen LogP contribution in [0.2, 0.25) is 0 Å². The molecule has 1 heterocycles. The Morgan fingerprint density at radius 1 is 1.26 bits per heavy atom. The molecule has 0 bridgehead atoms. The van der Waals surface area contributed by atoms with Crippen molar-refractivity contribution in [3.8, 4) is 5.88 Å². The number of hydrogen-bond donors (Lipinski definition) is 0. The van der Waals surface area contributed by atoms with Gasteiger partial charge in [-0.05, 0) is 12.0 Å². The van der Waals surface area contributed by atoms with Crippen LogP contribution in [-0.4, -0.2) is 36.5 Å². The minimum absolute atomic E-state index is 0.0801. The normalized spacial score (nSPS) is 8.37. The fraction of sp³-hybridized carbons (Fsp3) is 0.600. The molecule has 0 atom stereocenters. The van der Waals surface area contributed by atoms with E-state index in [2.05, 4.69) is 4.98 Å². The van der Waals surface area contributed by atoms with Crippen LogP contribution in [0, 0.1) is 0 Å². The molecular formula is C15H28N2O2. The molecule has 0 aliphatic carbocycles. The maximum Gasteiger partial charge on any atom is 0.219 e. The summed E-state index contributed by atoms with van der Waals surface area (Å²) < 4.78 is 4.96. The van der Waals surface area contributed by atoms with Crippen molar-refractivity contribution >= 4 is 5.91 Å². The quantitative estimate of drug-likeness (QED) is 0.842. The Kier molecular flexibility index (Phi) is 13.4. The maximum absolute atomic E-state index is 11.0. The molecule has 0 unspecified atom stereocenters. The second-order valence-corrected chi connectivity index (χ2v) is 3.40. The molecule has 0 spiro atoms. The molecule has 0 fully saturated rings. The van der Waals surface area contributed by atoms with Crippen LogP contribution in [0.4, 0.5) is 0 Å². The van der Waals surface area contributed by atoms with E-state index in [-0.39, 0.29) is 5.91 Å². The molecule has 0 aromatic carbocycles. The summed E-state index contributed by atoms with van der Waals surface area (Å²) in [6, 6.07) is 3.78. The number of likely N-dealkylation sites (N-methyl/N-ethyl adjacent to an activating group) is 1. The van der Waals surface area contributed by atoms with Crippen LogP contribution in [0.1, 0.15) is 40.2 Å². The zero-order valence-corrected chi connectivity index (χ0v) is 13.4. The Balaban J connectivity index is 0. The number of aromatic nitrogens is 1. The van der Waals surface area contributed by atoms with Crippen LogP contribution >= 0.6 is 0 Å². The molecule has 4 nitrogen and oxygen atoms in total. The van der Waals surface area contributed by atoms with Gasteiger partial charge in [-0.25, -0.2) is 4.98 Å². The van der Waals surface area contributed by atoms with Crippen LogP contribution in [-0.2, 0) is 11.2 Å². The second-order valence-electron chi connectivity index (χ2n) is 3.40. The lowest BCUT2D eigenvalue weighted by Gasteiger charge is -2.14. The van der Waals surface area contributed by atoms with Crippen LogP contribution < -0.4 is 4.74 Å². The van der Waals surface area contributed by atoms with Crippen LogP contribution in [0.25, 0.3) is 0 Å². The third-order valence-electron chi connectivity index (χ3n) is 2.28. The van der Waals surface area contributed by atoms with E-state index in [0.29, 0.717) is 12.4 Å². The molecule has 0 aliphatic heterocycles. The van der Waals surface area contributed by atoms with Crippen molar-refractivity contribution in [1.29, 1.82) is 0 Å². The van der Waals surface area contributed by atoms with Gasteiger partial charge in [0.25, 0.3) is 0 Å². The van der Waals surface area contributed by atoms with E-state index in [0.717, 1.165) is 12.0 Å². The summed E-state index contributed by atoms with van der Waals surface area (Å²) in [6.45, 7) is 10.3. The number of rotatable bonds is 4. The molecule has 0 aliphatic rings. The first kappa shape index (κ1) is 19.8. The number of amides is 1. The fourth-order valence-corrected chi connectivity index (χ4v) is 1.13. The van der Waals surface area contributed by atoms with Crippen molar-refractivity contribution in [3.05, 3.63) is 23.9 Å². The highest BCUT2D eigenvalue weighted by molar-refractivity contribution is 5.72. The van der Waals surface area contributed by atoms with E-state index in [1.54, 1.807) is 32.2 Å². The first-order valence-corrected chi connectivity index (χ1v) is 6.84. The average molecular weight is 268 g/mol. The number of ether oxygens (including phenoxy) is 1. The summed E-state index contributed by atoms with van der Waals surface area (Å²) in [6.07, 6.45) is 2.58. The van der Waals surface area contributed by atoms with Crippen molar-refractivity contribution in [2.75, 3.05) is 20.7 Å². The fourth-order valence-electron chi connectivity index (χ4n) is 1.13. The summed E-state index contributed by atoms with van der Waals surface area (Å²) >= 11 is 0. The minimum Gasteiger partial charge on any atom is -0.481 e. The van der Waals surface area contributed by atoms with Gasteiger partial charge < -0.3 is 9.64 Å². The van der Waals surface area contributed by atoms with E-state index in [1.807, 2.05) is 39.8 Å². The lowest BCUT2D eigenvalue weighted by Crippen LogP contribution is -2.26. The average Bonchev–Trinajstić information content (AvgIpc) is 2.49. The maximum atomic E-state index is 11.0. The number of hydrogen-bond acceptors (Lipinski definition) is 3. The Hall–Kier alpha value is -1.58. The van der Waals surface area contributed by atoms with Crippen molar-refractivity contribution in [2.45, 2.75) is 41.0 Å². The van der Waals surface area contributed by atoms with Gasteiger partial charge in [0.15, 0.2) is 0 Å². The zero-order chi connectivity index (χ0) is 15.3. The largest absolute Gasteiger partial charge is 0.481 e. The smallest absolute Gasteiger partial charge is 0.219 e. The van der Waals surface area contributed by atoms with E-state index < -0.39 is 0 Å². The third-order valence-corrected chi connectivity index (χ3v) is 2.28. The predicted molar refractivity (Wildman–Crippen MR) is 80.5 cm³/mol. The number of nitrogens with zero attached hydrogens (tertiary/aromatic N) is 2. The van der Waals surface area contributed by atoms with E-state index in [1.165, 1.54) is 0 Å². The van der Waals surface area contributed by atoms with Crippen molar-refractivity contribution in [3.63, 3.8) is 0 Å². The van der Waals surface area contributed by atoms with Gasteiger partial charge in [0.05, 0.1) is 7.11 Å². The Labute approximate surface area is 117 Å². The van der Waals surface area contributed by atoms with Gasteiger partial charge in [-0.3, -0.25) is 4.79 Å². The molecule has 0 N–H and O–H groups in total. The summed E-state index contributed by atoms with van der Waals surface area (Å²) in [4.78, 5) is 16.7. The highest BCUT2D eigenvalue weighted by Gasteiger charge is 2.02. The van der Waals surface area contributed by atoms with Gasteiger partial charge >= 0.3 is 0 Å². The molecule has 0 saturated heterocycles. The van der Waals surface area contributed by atoms with Gasteiger partial charge in [0, 0.05) is 32.8 Å². The number of carbonyl (C=O) groups is 1. The van der Waals surface area contributed by atoms with E-state index >= 15 is 0 Å². The molecule has 110 valence electrons. The van der Waals surface area contributed by atoms with Crippen LogP contribution in [0.5, 0.6) is 5.88 Å². The Morgan fingerprint density at radius 3 is 2.21 bits per heavy atom. The van der Waals surface area contributed by atoms with Crippen molar-refractivity contribution < 1.29 is 9.53 Å². The van der Waals surface area contributed by atoms with E-state index in [4.69, 9.17) is 4.74 Å². The molecule has 19 heavy (non-hydrogen) atoms. The van der Waals surface area contributed by atoms with Crippen molar-refractivity contribution in [1.82, 2.24) is 9.88 Å². The number of pyridine rings is 1. The Bertz CT molecular complexity index is 323. The second kappa shape index (κ2) is 12.9. The van der Waals surface area contributed by atoms with Gasteiger partial charge in [0.1, 0.15) is 0 Å². The molecule has 4 heteroatoms. The number of carbonyl (C=O) groups excluding carboxylic acids is 1. The summed E-state index contributed by atoms with van der Waals surface area (Å²) in [7, 11) is 3.38. The first-order chi connectivity index (χ1) is 9.13. The monoisotopic (exact) mass is 268 g/mol. The highest BCUT2D eigenvalue weighted by atomic mass is 16.5. The molecular weight excluding hydrogens is 240 g/mol. The summed E-state index contributed by atoms with van der Waals surface area (Å²) in [5, 5.41) is 0. The molecule has 1 aromatic rings. The highest BCUT2D eigenvalue weighted by Crippen LogP contribution is 2.07. The SMILES string of the molecule is CC.CC.COc1ccc(CCN(C)C(C)=O)cn1. The topological polar surface area (TPSA) is 42.4 Å². The van der Waals surface area contributed by atoms with Crippen molar-refractivity contribution in [2.24, 2.45) is 0 Å². The molecule has 1 amide bonds.